The van der Waals surface area contributed by atoms with Crippen molar-refractivity contribution in [1.82, 2.24) is 0 Å². The van der Waals surface area contributed by atoms with Gasteiger partial charge in [0.05, 0.1) is 18.9 Å². The van der Waals surface area contributed by atoms with Gasteiger partial charge in [0.15, 0.2) is 0 Å². The van der Waals surface area contributed by atoms with Crippen LogP contribution in [0.25, 0.3) is 0 Å². The molecule has 0 amide bonds. The Kier molecular flexibility index (Phi) is 4.66. The van der Waals surface area contributed by atoms with E-state index in [1.54, 1.807) is 24.3 Å². The molecule has 8 heteroatoms. The first kappa shape index (κ1) is 17.4. The van der Waals surface area contributed by atoms with Crippen molar-refractivity contribution in [2.45, 2.75) is 17.4 Å². The second-order valence-corrected chi connectivity index (χ2v) is 8.08. The summed E-state index contributed by atoms with van der Waals surface area (Å²) in [5.74, 6) is 0.209. The highest BCUT2D eigenvalue weighted by Gasteiger charge is 2.34. The molecular formula is C16H15Cl2NO4S. The minimum Gasteiger partial charge on any atom is -0.495 e. The number of benzene rings is 2. The van der Waals surface area contributed by atoms with Crippen molar-refractivity contribution < 1.29 is 18.3 Å². The van der Waals surface area contributed by atoms with Crippen LogP contribution in [0.5, 0.6) is 5.75 Å². The molecule has 0 aromatic heterocycles. The lowest BCUT2D eigenvalue weighted by Crippen LogP contribution is -2.36. The Morgan fingerprint density at radius 3 is 2.54 bits per heavy atom. The van der Waals surface area contributed by atoms with E-state index in [1.807, 2.05) is 0 Å². The first-order valence-corrected chi connectivity index (χ1v) is 9.38. The van der Waals surface area contributed by atoms with Crippen molar-refractivity contribution in [2.24, 2.45) is 0 Å². The highest BCUT2D eigenvalue weighted by Crippen LogP contribution is 2.40. The molecule has 3 rings (SSSR count). The second-order valence-electron chi connectivity index (χ2n) is 5.38. The van der Waals surface area contributed by atoms with Gasteiger partial charge in [0.25, 0.3) is 10.0 Å². The van der Waals surface area contributed by atoms with E-state index in [2.05, 4.69) is 0 Å². The van der Waals surface area contributed by atoms with Gasteiger partial charge in [-0.2, -0.15) is 0 Å². The molecule has 5 nitrogen and oxygen atoms in total. The molecule has 2 aromatic carbocycles. The largest absolute Gasteiger partial charge is 0.495 e. The number of anilines is 1. The summed E-state index contributed by atoms with van der Waals surface area (Å²) in [6, 6.07) is 9.20. The molecule has 0 saturated heterocycles. The molecule has 0 aliphatic carbocycles. The number of aliphatic hydroxyl groups is 1. The van der Waals surface area contributed by atoms with Crippen LogP contribution < -0.4 is 9.04 Å². The molecule has 1 unspecified atom stereocenters. The van der Waals surface area contributed by atoms with Crippen molar-refractivity contribution in [1.29, 1.82) is 0 Å². The van der Waals surface area contributed by atoms with E-state index in [0.717, 1.165) is 0 Å². The third kappa shape index (κ3) is 2.95. The Labute approximate surface area is 150 Å². The molecule has 1 N–H and O–H groups in total. The van der Waals surface area contributed by atoms with Crippen LogP contribution in [0.2, 0.25) is 10.0 Å². The second kappa shape index (κ2) is 6.44. The summed E-state index contributed by atoms with van der Waals surface area (Å²) in [6.07, 6.45) is -0.485. The summed E-state index contributed by atoms with van der Waals surface area (Å²) in [5.41, 5.74) is 0.887. The number of halogens is 2. The molecule has 1 atom stereocenters. The van der Waals surface area contributed by atoms with Crippen LogP contribution in [0, 0.1) is 0 Å². The molecule has 1 aliphatic heterocycles. The zero-order valence-electron chi connectivity index (χ0n) is 12.7. The van der Waals surface area contributed by atoms with Crippen molar-refractivity contribution in [3.05, 3.63) is 52.0 Å². The van der Waals surface area contributed by atoms with E-state index >= 15 is 0 Å². The van der Waals surface area contributed by atoms with Gasteiger partial charge in [0, 0.05) is 22.2 Å². The first-order chi connectivity index (χ1) is 11.3. The van der Waals surface area contributed by atoms with Gasteiger partial charge in [-0.05, 0) is 42.8 Å². The fourth-order valence-electron chi connectivity index (χ4n) is 2.76. The highest BCUT2D eigenvalue weighted by atomic mass is 35.5. The number of methoxy groups -OCH3 is 1. The normalized spacial score (nSPS) is 17.5. The Bertz CT molecular complexity index is 886. The summed E-state index contributed by atoms with van der Waals surface area (Å²) in [5, 5.41) is 10.9. The van der Waals surface area contributed by atoms with Crippen molar-refractivity contribution in [3.8, 4) is 5.75 Å². The van der Waals surface area contributed by atoms with E-state index in [1.165, 1.54) is 23.5 Å². The van der Waals surface area contributed by atoms with Crippen molar-refractivity contribution in [2.75, 3.05) is 18.0 Å². The third-order valence-corrected chi connectivity index (χ3v) is 6.22. The molecule has 0 spiro atoms. The van der Waals surface area contributed by atoms with Gasteiger partial charge in [0.1, 0.15) is 10.6 Å². The van der Waals surface area contributed by atoms with E-state index in [0.29, 0.717) is 21.3 Å². The van der Waals surface area contributed by atoms with Crippen LogP contribution in [0.4, 0.5) is 5.69 Å². The van der Waals surface area contributed by atoms with Crippen LogP contribution >= 0.6 is 23.2 Å². The van der Waals surface area contributed by atoms with Crippen LogP contribution in [0.1, 0.15) is 18.1 Å². The molecular weight excluding hydrogens is 373 g/mol. The maximum atomic E-state index is 13.1. The summed E-state index contributed by atoms with van der Waals surface area (Å²) in [7, 11) is -2.51. The molecule has 1 aliphatic rings. The van der Waals surface area contributed by atoms with Gasteiger partial charge in [-0.25, -0.2) is 8.42 Å². The molecule has 0 fully saturated rings. The highest BCUT2D eigenvalue weighted by molar-refractivity contribution is 7.93. The number of hydrogen-bond donors (Lipinski definition) is 1. The van der Waals surface area contributed by atoms with Crippen molar-refractivity contribution in [3.63, 3.8) is 0 Å². The third-order valence-electron chi connectivity index (χ3n) is 3.92. The molecule has 1 heterocycles. The van der Waals surface area contributed by atoms with E-state index in [9.17, 15) is 13.5 Å². The van der Waals surface area contributed by atoms with Gasteiger partial charge < -0.3 is 9.84 Å². The molecule has 2 aromatic rings. The lowest BCUT2D eigenvalue weighted by atomic mass is 10.0. The Morgan fingerprint density at radius 2 is 1.83 bits per heavy atom. The summed E-state index contributed by atoms with van der Waals surface area (Å²) < 4.78 is 32.7. The van der Waals surface area contributed by atoms with Gasteiger partial charge >= 0.3 is 0 Å². The Hall–Kier alpha value is -1.47. The fourth-order valence-corrected chi connectivity index (χ4v) is 4.86. The Morgan fingerprint density at radius 1 is 1.17 bits per heavy atom. The molecule has 0 bridgehead atoms. The van der Waals surface area contributed by atoms with Crippen LogP contribution in [0.15, 0.2) is 41.3 Å². The zero-order valence-corrected chi connectivity index (χ0v) is 15.1. The zero-order chi connectivity index (χ0) is 17.5. The maximum absolute atomic E-state index is 13.1. The maximum Gasteiger partial charge on any atom is 0.268 e. The molecule has 0 radical (unpaired) electrons. The Balaban J connectivity index is 2.16. The quantitative estimate of drug-likeness (QED) is 0.872. The van der Waals surface area contributed by atoms with E-state index < -0.39 is 16.1 Å². The van der Waals surface area contributed by atoms with Gasteiger partial charge in [-0.1, -0.05) is 23.2 Å². The lowest BCUT2D eigenvalue weighted by molar-refractivity contribution is 0.166. The average molecular weight is 388 g/mol. The first-order valence-electron chi connectivity index (χ1n) is 7.18. The smallest absolute Gasteiger partial charge is 0.268 e. The minimum atomic E-state index is -3.91. The number of hydrogen-bond acceptors (Lipinski definition) is 4. The standard InChI is InChI=1S/C16H15Cl2NO4S/c1-23-15-5-3-11(18)9-16(15)24(21,22)19-7-6-14(20)12-8-10(17)2-4-13(12)19/h2-5,8-9,14,20H,6-7H2,1H3. The molecule has 128 valence electrons. The topological polar surface area (TPSA) is 66.8 Å². The minimum absolute atomic E-state index is 0.0187. The van der Waals surface area contributed by atoms with Gasteiger partial charge in [-0.15, -0.1) is 0 Å². The van der Waals surface area contributed by atoms with Crippen LogP contribution in [0.3, 0.4) is 0 Å². The van der Waals surface area contributed by atoms with E-state index in [4.69, 9.17) is 27.9 Å². The van der Waals surface area contributed by atoms with E-state index in [-0.39, 0.29) is 23.6 Å². The number of rotatable bonds is 3. The molecule has 24 heavy (non-hydrogen) atoms. The summed E-state index contributed by atoms with van der Waals surface area (Å²) in [6.45, 7) is 0.147. The lowest BCUT2D eigenvalue weighted by Gasteiger charge is -2.33. The molecule has 0 saturated carbocycles. The monoisotopic (exact) mass is 387 g/mol. The van der Waals surface area contributed by atoms with Gasteiger partial charge in [-0.3, -0.25) is 4.31 Å². The summed E-state index contributed by atoms with van der Waals surface area (Å²) in [4.78, 5) is -0.0187. The SMILES string of the molecule is COc1ccc(Cl)cc1S(=O)(=O)N1CCC(O)c2cc(Cl)ccc21. The van der Waals surface area contributed by atoms with Gasteiger partial charge in [0.2, 0.25) is 0 Å². The average Bonchev–Trinajstić information content (AvgIpc) is 2.55. The summed E-state index contributed by atoms with van der Waals surface area (Å²) >= 11 is 11.9. The predicted octanol–water partition coefficient (Wildman–Crippen LogP) is 3.63. The number of ether oxygens (including phenoxy) is 1. The van der Waals surface area contributed by atoms with Crippen LogP contribution in [-0.2, 0) is 10.0 Å². The number of nitrogens with zero attached hydrogens (tertiary/aromatic N) is 1. The fraction of sp³-hybridized carbons (Fsp3) is 0.250. The van der Waals surface area contributed by atoms with Crippen LogP contribution in [-0.4, -0.2) is 27.2 Å². The number of sulfonamides is 1. The van der Waals surface area contributed by atoms with Crippen molar-refractivity contribution >= 4 is 38.9 Å². The number of aliphatic hydroxyl groups excluding tert-OH is 1. The predicted molar refractivity (Wildman–Crippen MR) is 93.6 cm³/mol. The number of fused-ring (bicyclic) bond motifs is 1.